The molecule has 2 aliphatic heterocycles. The number of nitrogens with zero attached hydrogens (tertiary/aromatic N) is 5. The van der Waals surface area contributed by atoms with Crippen molar-refractivity contribution in [1.29, 1.82) is 0 Å². The highest BCUT2D eigenvalue weighted by Gasteiger charge is 2.27. The molecule has 8 heteroatoms. The Balaban J connectivity index is 1.35. The Hall–Kier alpha value is -2.29. The molecule has 2 aromatic rings. The molecule has 2 aliphatic rings. The predicted molar refractivity (Wildman–Crippen MR) is 123 cm³/mol. The molecular formula is C24H33F2N5O. The molecule has 0 bridgehead atoms. The zero-order chi connectivity index (χ0) is 22.6. The van der Waals surface area contributed by atoms with E-state index in [9.17, 15) is 8.78 Å². The molecule has 1 aromatic heterocycles. The van der Waals surface area contributed by atoms with Gasteiger partial charge in [0.05, 0.1) is 18.9 Å². The lowest BCUT2D eigenvalue weighted by molar-refractivity contribution is 0.0331. The van der Waals surface area contributed by atoms with Crippen molar-refractivity contribution in [3.63, 3.8) is 0 Å². The van der Waals surface area contributed by atoms with Gasteiger partial charge >= 0.3 is 0 Å². The molecule has 0 radical (unpaired) electrons. The Morgan fingerprint density at radius 2 is 1.59 bits per heavy atom. The predicted octanol–water partition coefficient (Wildman–Crippen LogP) is 3.30. The second-order valence-electron chi connectivity index (χ2n) is 8.53. The van der Waals surface area contributed by atoms with Crippen LogP contribution in [0.15, 0.2) is 42.6 Å². The maximum Gasteiger partial charge on any atom is 0.291 e. The first-order valence-corrected chi connectivity index (χ1v) is 11.4. The van der Waals surface area contributed by atoms with Crippen LogP contribution in [0.4, 0.5) is 14.6 Å². The maximum atomic E-state index is 14.1. The molecule has 0 unspecified atom stereocenters. The first-order valence-electron chi connectivity index (χ1n) is 11.4. The number of piperazine rings is 1. The number of rotatable bonds is 7. The molecular weight excluding hydrogens is 412 g/mol. The number of alkyl halides is 2. The number of aromatic nitrogens is 2. The van der Waals surface area contributed by atoms with Crippen molar-refractivity contribution in [3.05, 3.63) is 53.7 Å². The van der Waals surface area contributed by atoms with Crippen molar-refractivity contribution < 1.29 is 13.5 Å². The largest absolute Gasteiger partial charge is 0.379 e. The van der Waals surface area contributed by atoms with Gasteiger partial charge in [0, 0.05) is 69.7 Å². The number of morpholine rings is 1. The molecule has 6 nitrogen and oxygen atoms in total. The minimum atomic E-state index is -2.96. The summed E-state index contributed by atoms with van der Waals surface area (Å²) >= 11 is 0. The third-order valence-corrected chi connectivity index (χ3v) is 6.27. The molecule has 0 N–H and O–H groups in total. The Labute approximate surface area is 189 Å². The number of anilines is 1. The molecule has 174 valence electrons. The van der Waals surface area contributed by atoms with Gasteiger partial charge in [0.2, 0.25) is 0 Å². The van der Waals surface area contributed by atoms with Gasteiger partial charge in [-0.3, -0.25) is 9.80 Å². The quantitative estimate of drug-likeness (QED) is 0.612. The van der Waals surface area contributed by atoms with Gasteiger partial charge in [0.1, 0.15) is 0 Å². The van der Waals surface area contributed by atoms with Crippen molar-refractivity contribution in [2.24, 2.45) is 0 Å². The van der Waals surface area contributed by atoms with Gasteiger partial charge in [-0.25, -0.2) is 4.68 Å². The Morgan fingerprint density at radius 1 is 0.969 bits per heavy atom. The van der Waals surface area contributed by atoms with Crippen LogP contribution >= 0.6 is 0 Å². The summed E-state index contributed by atoms with van der Waals surface area (Å²) < 4.78 is 35.3. The molecule has 2 fully saturated rings. The highest BCUT2D eigenvalue weighted by atomic mass is 19.3. The summed E-state index contributed by atoms with van der Waals surface area (Å²) in [6, 6.07) is 6.34. The van der Waals surface area contributed by atoms with E-state index < -0.39 is 5.92 Å². The molecule has 0 amide bonds. The van der Waals surface area contributed by atoms with Gasteiger partial charge in [-0.1, -0.05) is 18.2 Å². The van der Waals surface area contributed by atoms with Crippen LogP contribution < -0.4 is 4.90 Å². The van der Waals surface area contributed by atoms with Crippen LogP contribution in [0, 0.1) is 6.92 Å². The Kier molecular flexibility index (Phi) is 7.23. The fraction of sp³-hybridized carbons (Fsp3) is 0.542. The number of hydrogen-bond donors (Lipinski definition) is 0. The van der Waals surface area contributed by atoms with Gasteiger partial charge in [-0.15, -0.1) is 5.10 Å². The van der Waals surface area contributed by atoms with E-state index in [1.54, 1.807) is 23.7 Å². The van der Waals surface area contributed by atoms with E-state index in [2.05, 4.69) is 21.6 Å². The molecule has 0 spiro atoms. The average molecular weight is 446 g/mol. The second-order valence-corrected chi connectivity index (χ2v) is 8.53. The number of halogens is 2. The summed E-state index contributed by atoms with van der Waals surface area (Å²) in [4.78, 5) is 7.31. The number of aryl methyl sites for hydroxylation is 1. The van der Waals surface area contributed by atoms with Crippen LogP contribution in [0.2, 0.25) is 0 Å². The molecule has 0 aliphatic carbocycles. The van der Waals surface area contributed by atoms with Crippen molar-refractivity contribution in [3.8, 4) is 5.69 Å². The lowest BCUT2D eigenvalue weighted by Crippen LogP contribution is -2.49. The standard InChI is InChI=1S/C24H33F2N5O/c1-3-8-24(25,26)21-4-6-22(7-5-21)31-19-20(2)23(27-31)30-13-11-28(12-14-30)9-10-29-15-17-32-18-16-29/h3-8,19H,9-18H2,1-2H3/b8-3+. The summed E-state index contributed by atoms with van der Waals surface area (Å²) in [6.45, 7) is 13.5. The summed E-state index contributed by atoms with van der Waals surface area (Å²) in [6.07, 6.45) is 4.26. The normalized spacial score (nSPS) is 19.2. The van der Waals surface area contributed by atoms with Gasteiger partial charge < -0.3 is 9.64 Å². The summed E-state index contributed by atoms with van der Waals surface area (Å²) in [5.74, 6) is -1.99. The van der Waals surface area contributed by atoms with Crippen molar-refractivity contribution >= 4 is 5.82 Å². The Morgan fingerprint density at radius 3 is 2.22 bits per heavy atom. The first kappa shape index (κ1) is 22.9. The third-order valence-electron chi connectivity index (χ3n) is 6.27. The van der Waals surface area contributed by atoms with Gasteiger partial charge in [-0.05, 0) is 32.1 Å². The molecule has 0 saturated carbocycles. The van der Waals surface area contributed by atoms with Crippen LogP contribution in [0.3, 0.4) is 0 Å². The highest BCUT2D eigenvalue weighted by molar-refractivity contribution is 5.48. The van der Waals surface area contributed by atoms with Crippen molar-refractivity contribution in [2.75, 3.05) is 70.5 Å². The minimum Gasteiger partial charge on any atom is -0.379 e. The number of benzene rings is 1. The van der Waals surface area contributed by atoms with Gasteiger partial charge in [0.15, 0.2) is 5.82 Å². The van der Waals surface area contributed by atoms with E-state index in [0.29, 0.717) is 0 Å². The lowest BCUT2D eigenvalue weighted by atomic mass is 10.1. The molecule has 0 atom stereocenters. The minimum absolute atomic E-state index is 0.0170. The van der Waals surface area contributed by atoms with E-state index in [4.69, 9.17) is 9.84 Å². The number of ether oxygens (including phenoxy) is 1. The van der Waals surface area contributed by atoms with Gasteiger partial charge in [0.25, 0.3) is 5.92 Å². The zero-order valence-electron chi connectivity index (χ0n) is 19.0. The van der Waals surface area contributed by atoms with E-state index in [0.717, 1.165) is 88.7 Å². The average Bonchev–Trinajstić information content (AvgIpc) is 3.20. The van der Waals surface area contributed by atoms with Gasteiger partial charge in [-0.2, -0.15) is 8.78 Å². The van der Waals surface area contributed by atoms with Crippen LogP contribution in [-0.4, -0.2) is 85.2 Å². The van der Waals surface area contributed by atoms with Crippen LogP contribution in [0.1, 0.15) is 18.1 Å². The second kappa shape index (κ2) is 10.1. The first-order chi connectivity index (χ1) is 15.5. The fourth-order valence-electron chi connectivity index (χ4n) is 4.33. The Bertz CT molecular complexity index is 898. The molecule has 1 aromatic carbocycles. The summed E-state index contributed by atoms with van der Waals surface area (Å²) in [5, 5.41) is 4.78. The number of hydrogen-bond acceptors (Lipinski definition) is 5. The maximum absolute atomic E-state index is 14.1. The summed E-state index contributed by atoms with van der Waals surface area (Å²) in [5.41, 5.74) is 1.86. The van der Waals surface area contributed by atoms with E-state index in [1.807, 2.05) is 6.20 Å². The molecule has 3 heterocycles. The fourth-order valence-corrected chi connectivity index (χ4v) is 4.33. The zero-order valence-corrected chi connectivity index (χ0v) is 19.0. The molecule has 2 saturated heterocycles. The smallest absolute Gasteiger partial charge is 0.291 e. The summed E-state index contributed by atoms with van der Waals surface area (Å²) in [7, 11) is 0. The number of allylic oxidation sites excluding steroid dienone is 2. The lowest BCUT2D eigenvalue weighted by Gasteiger charge is -2.36. The topological polar surface area (TPSA) is 36.8 Å². The third kappa shape index (κ3) is 5.36. The van der Waals surface area contributed by atoms with Crippen molar-refractivity contribution in [1.82, 2.24) is 19.6 Å². The van der Waals surface area contributed by atoms with Crippen molar-refractivity contribution in [2.45, 2.75) is 19.8 Å². The highest BCUT2D eigenvalue weighted by Crippen LogP contribution is 2.30. The SMILES string of the molecule is C/C=C/C(F)(F)c1ccc(-n2cc(C)c(N3CCN(CCN4CCOCC4)CC3)n2)cc1. The van der Waals surface area contributed by atoms with E-state index in [1.165, 1.54) is 18.2 Å². The molecule has 4 rings (SSSR count). The van der Waals surface area contributed by atoms with Crippen LogP contribution in [0.5, 0.6) is 0 Å². The van der Waals surface area contributed by atoms with E-state index >= 15 is 0 Å². The molecule has 32 heavy (non-hydrogen) atoms. The van der Waals surface area contributed by atoms with Crippen LogP contribution in [-0.2, 0) is 10.7 Å². The van der Waals surface area contributed by atoms with Crippen LogP contribution in [0.25, 0.3) is 5.69 Å². The monoisotopic (exact) mass is 445 g/mol. The van der Waals surface area contributed by atoms with E-state index in [-0.39, 0.29) is 5.56 Å².